The zero-order valence-electron chi connectivity index (χ0n) is 19.7. The number of carboxylic acid groups (broad SMARTS) is 1. The van der Waals surface area contributed by atoms with Gasteiger partial charge in [-0.15, -0.1) is 0 Å². The van der Waals surface area contributed by atoms with Crippen LogP contribution in [0.2, 0.25) is 0 Å². The average Bonchev–Trinajstić information content (AvgIpc) is 3.14. The maximum absolute atomic E-state index is 13.9. The van der Waals surface area contributed by atoms with Gasteiger partial charge in [-0.1, -0.05) is 0 Å². The molecular formula is C26H26FN3O5. The van der Waals surface area contributed by atoms with Crippen LogP contribution in [0.25, 0.3) is 22.2 Å². The third-order valence-corrected chi connectivity index (χ3v) is 5.48. The first-order valence-corrected chi connectivity index (χ1v) is 11.2. The van der Waals surface area contributed by atoms with Crippen molar-refractivity contribution in [2.45, 2.75) is 27.2 Å². The van der Waals surface area contributed by atoms with E-state index in [4.69, 9.17) is 19.0 Å². The molecule has 35 heavy (non-hydrogen) atoms. The maximum atomic E-state index is 13.9. The van der Waals surface area contributed by atoms with Crippen molar-refractivity contribution in [1.29, 1.82) is 0 Å². The Morgan fingerprint density at radius 2 is 1.94 bits per heavy atom. The summed E-state index contributed by atoms with van der Waals surface area (Å²) in [4.78, 5) is 19.5. The van der Waals surface area contributed by atoms with Gasteiger partial charge in [-0.2, -0.15) is 0 Å². The van der Waals surface area contributed by atoms with Crippen LogP contribution in [-0.2, 0) is 11.2 Å². The SMILES string of the molecule is CCOc1cc(-c2cc(NCCc3c(C)oc4c(C)cc(F)cc34)ncn2)ccc1OCC(=O)O. The Balaban J connectivity index is 1.49. The lowest BCUT2D eigenvalue weighted by atomic mass is 10.1. The molecule has 4 rings (SSSR count). The van der Waals surface area contributed by atoms with Crippen LogP contribution in [0, 0.1) is 19.7 Å². The summed E-state index contributed by atoms with van der Waals surface area (Å²) in [5, 5.41) is 13.0. The number of ether oxygens (including phenoxy) is 2. The van der Waals surface area contributed by atoms with E-state index in [0.717, 1.165) is 27.8 Å². The molecule has 0 radical (unpaired) electrons. The molecule has 0 spiro atoms. The van der Waals surface area contributed by atoms with E-state index in [1.54, 1.807) is 18.2 Å². The van der Waals surface area contributed by atoms with Crippen LogP contribution in [-0.4, -0.2) is 40.8 Å². The van der Waals surface area contributed by atoms with Gasteiger partial charge in [0, 0.05) is 29.1 Å². The second-order valence-electron chi connectivity index (χ2n) is 7.98. The topological polar surface area (TPSA) is 107 Å². The minimum atomic E-state index is -1.07. The fourth-order valence-electron chi connectivity index (χ4n) is 3.93. The smallest absolute Gasteiger partial charge is 0.341 e. The number of fused-ring (bicyclic) bond motifs is 1. The normalized spacial score (nSPS) is 11.0. The highest BCUT2D eigenvalue weighted by atomic mass is 19.1. The molecule has 2 aromatic heterocycles. The van der Waals surface area contributed by atoms with Crippen LogP contribution < -0.4 is 14.8 Å². The number of nitrogens with zero attached hydrogens (tertiary/aromatic N) is 2. The van der Waals surface area contributed by atoms with Gasteiger partial charge >= 0.3 is 5.97 Å². The molecule has 0 aliphatic carbocycles. The fraction of sp³-hybridized carbons (Fsp3) is 0.269. The standard InChI is InChI=1S/C26H26FN3O5/c1-4-33-23-10-17(5-6-22(23)34-13-25(31)32)21-12-24(30-14-29-21)28-8-7-19-16(3)35-26-15(2)9-18(27)11-20(19)26/h5-6,9-12,14H,4,7-8,13H2,1-3H3,(H,31,32)(H,28,29,30). The second kappa shape index (κ2) is 10.4. The van der Waals surface area contributed by atoms with Gasteiger partial charge in [-0.05, 0) is 63.1 Å². The third-order valence-electron chi connectivity index (χ3n) is 5.48. The predicted molar refractivity (Wildman–Crippen MR) is 130 cm³/mol. The van der Waals surface area contributed by atoms with Crippen LogP contribution in [0.5, 0.6) is 11.5 Å². The summed E-state index contributed by atoms with van der Waals surface area (Å²) in [5.74, 6) is 0.835. The lowest BCUT2D eigenvalue weighted by Gasteiger charge is -2.13. The molecule has 0 saturated heterocycles. The van der Waals surface area contributed by atoms with Gasteiger partial charge in [0.1, 0.15) is 29.3 Å². The summed E-state index contributed by atoms with van der Waals surface area (Å²) in [6, 6.07) is 9.99. The van der Waals surface area contributed by atoms with Gasteiger partial charge in [-0.3, -0.25) is 0 Å². The zero-order valence-corrected chi connectivity index (χ0v) is 19.7. The van der Waals surface area contributed by atoms with Crippen molar-refractivity contribution >= 4 is 22.8 Å². The molecule has 182 valence electrons. The molecule has 0 fully saturated rings. The van der Waals surface area contributed by atoms with E-state index in [1.165, 1.54) is 18.5 Å². The molecule has 0 amide bonds. The van der Waals surface area contributed by atoms with E-state index >= 15 is 0 Å². The number of hydrogen-bond donors (Lipinski definition) is 2. The molecule has 0 aliphatic rings. The van der Waals surface area contributed by atoms with Crippen LogP contribution in [0.1, 0.15) is 23.8 Å². The molecule has 0 unspecified atom stereocenters. The van der Waals surface area contributed by atoms with Crippen molar-refractivity contribution in [3.8, 4) is 22.8 Å². The summed E-state index contributed by atoms with van der Waals surface area (Å²) in [5.41, 5.74) is 3.88. The molecule has 0 saturated carbocycles. The van der Waals surface area contributed by atoms with Gasteiger partial charge in [0.05, 0.1) is 12.3 Å². The van der Waals surface area contributed by atoms with E-state index in [9.17, 15) is 9.18 Å². The quantitative estimate of drug-likeness (QED) is 0.321. The Labute approximate surface area is 201 Å². The van der Waals surface area contributed by atoms with Crippen LogP contribution in [0.15, 0.2) is 47.1 Å². The molecule has 2 heterocycles. The van der Waals surface area contributed by atoms with E-state index in [-0.39, 0.29) is 5.82 Å². The summed E-state index contributed by atoms with van der Waals surface area (Å²) >= 11 is 0. The Morgan fingerprint density at radius 1 is 1.11 bits per heavy atom. The van der Waals surface area contributed by atoms with Gasteiger partial charge in [0.2, 0.25) is 0 Å². The van der Waals surface area contributed by atoms with Crippen LogP contribution in [0.3, 0.4) is 0 Å². The first kappa shape index (κ1) is 24.0. The van der Waals surface area contributed by atoms with Gasteiger partial charge in [-0.25, -0.2) is 19.2 Å². The second-order valence-corrected chi connectivity index (χ2v) is 7.98. The Bertz CT molecular complexity index is 1370. The third kappa shape index (κ3) is 5.51. The number of aryl methyl sites for hydroxylation is 2. The highest BCUT2D eigenvalue weighted by Gasteiger charge is 2.15. The van der Waals surface area contributed by atoms with Crippen molar-refractivity contribution in [2.24, 2.45) is 0 Å². The average molecular weight is 480 g/mol. The maximum Gasteiger partial charge on any atom is 0.341 e. The summed E-state index contributed by atoms with van der Waals surface area (Å²) in [7, 11) is 0. The number of anilines is 1. The highest BCUT2D eigenvalue weighted by molar-refractivity contribution is 5.85. The van der Waals surface area contributed by atoms with E-state index in [1.807, 2.05) is 26.8 Å². The summed E-state index contributed by atoms with van der Waals surface area (Å²) in [6.07, 6.45) is 2.09. The molecule has 2 N–H and O–H groups in total. The number of rotatable bonds is 10. The Kier molecular flexibility index (Phi) is 7.14. The minimum Gasteiger partial charge on any atom is -0.490 e. The number of hydrogen-bond acceptors (Lipinski definition) is 7. The highest BCUT2D eigenvalue weighted by Crippen LogP contribution is 2.33. The number of carbonyl (C=O) groups is 1. The number of carboxylic acids is 1. The van der Waals surface area contributed by atoms with Crippen LogP contribution >= 0.6 is 0 Å². The fourth-order valence-corrected chi connectivity index (χ4v) is 3.93. The van der Waals surface area contributed by atoms with Crippen molar-refractivity contribution in [3.63, 3.8) is 0 Å². The largest absolute Gasteiger partial charge is 0.490 e. The monoisotopic (exact) mass is 479 g/mol. The number of halogens is 1. The number of nitrogens with one attached hydrogen (secondary N) is 1. The first-order chi connectivity index (χ1) is 16.9. The van der Waals surface area contributed by atoms with Crippen molar-refractivity contribution < 1.29 is 28.2 Å². The predicted octanol–water partition coefficient (Wildman–Crippen LogP) is 5.16. The molecular weight excluding hydrogens is 453 g/mol. The molecule has 0 bridgehead atoms. The lowest BCUT2D eigenvalue weighted by Crippen LogP contribution is -2.10. The number of furan rings is 1. The molecule has 4 aromatic rings. The van der Waals surface area contributed by atoms with Crippen molar-refractivity contribution in [1.82, 2.24) is 9.97 Å². The molecule has 2 aromatic carbocycles. The summed E-state index contributed by atoms with van der Waals surface area (Å²) < 4.78 is 30.7. The van der Waals surface area contributed by atoms with Gasteiger partial charge in [0.15, 0.2) is 18.1 Å². The summed E-state index contributed by atoms with van der Waals surface area (Å²) in [6.45, 7) is 6.05. The number of aromatic nitrogens is 2. The van der Waals surface area contributed by atoms with E-state index in [0.29, 0.717) is 48.2 Å². The van der Waals surface area contributed by atoms with Crippen LogP contribution in [0.4, 0.5) is 10.2 Å². The van der Waals surface area contributed by atoms with Crippen molar-refractivity contribution in [2.75, 3.05) is 25.1 Å². The van der Waals surface area contributed by atoms with Gasteiger partial charge in [0.25, 0.3) is 0 Å². The number of benzene rings is 2. The Hall–Kier alpha value is -4.14. The van der Waals surface area contributed by atoms with E-state index in [2.05, 4.69) is 15.3 Å². The van der Waals surface area contributed by atoms with Crippen molar-refractivity contribution in [3.05, 3.63) is 65.4 Å². The molecule has 0 aliphatic heterocycles. The lowest BCUT2D eigenvalue weighted by molar-refractivity contribution is -0.139. The zero-order chi connectivity index (χ0) is 24.9. The number of aliphatic carboxylic acids is 1. The Morgan fingerprint density at radius 3 is 2.71 bits per heavy atom. The molecule has 0 atom stereocenters. The van der Waals surface area contributed by atoms with Gasteiger partial charge < -0.3 is 24.3 Å². The molecule has 8 nitrogen and oxygen atoms in total. The first-order valence-electron chi connectivity index (χ1n) is 11.2. The van der Waals surface area contributed by atoms with E-state index < -0.39 is 12.6 Å². The molecule has 9 heteroatoms. The minimum absolute atomic E-state index is 0.281.